The molecule has 0 radical (unpaired) electrons. The zero-order valence-corrected chi connectivity index (χ0v) is 10.5. The van der Waals surface area contributed by atoms with Crippen LogP contribution in [0.4, 0.5) is 0 Å². The number of carbonyl (C=O) groups is 2. The molecule has 5 heteroatoms. The molecule has 0 saturated carbocycles. The maximum Gasteiger partial charge on any atom is 0.305 e. The summed E-state index contributed by atoms with van der Waals surface area (Å²) in [5.41, 5.74) is 5.28. The minimum absolute atomic E-state index is 0.0561. The first-order chi connectivity index (χ1) is 7.20. The Morgan fingerprint density at radius 3 is 2.19 bits per heavy atom. The van der Waals surface area contributed by atoms with Gasteiger partial charge in [0.15, 0.2) is 0 Å². The quantitative estimate of drug-likeness (QED) is 0.732. The summed E-state index contributed by atoms with van der Waals surface area (Å²) in [6.45, 7) is 7.64. The number of nitrogens with two attached hydrogens (primary N) is 1. The third kappa shape index (κ3) is 4.61. The van der Waals surface area contributed by atoms with Crippen molar-refractivity contribution in [2.24, 2.45) is 5.73 Å². The largest absolute Gasteiger partial charge is 0.481 e. The number of hydrogen-bond donors (Lipinski definition) is 2. The van der Waals surface area contributed by atoms with Crippen LogP contribution >= 0.6 is 0 Å². The van der Waals surface area contributed by atoms with Crippen molar-refractivity contribution in [1.29, 1.82) is 0 Å². The number of carboxylic acid groups (broad SMARTS) is 1. The molecule has 0 aromatic rings. The van der Waals surface area contributed by atoms with E-state index in [4.69, 9.17) is 10.8 Å². The summed E-state index contributed by atoms with van der Waals surface area (Å²) < 4.78 is 0. The number of carboxylic acids is 1. The van der Waals surface area contributed by atoms with Gasteiger partial charge in [0.1, 0.15) is 0 Å². The van der Waals surface area contributed by atoms with E-state index in [1.165, 1.54) is 4.90 Å². The molecule has 0 fully saturated rings. The zero-order valence-electron chi connectivity index (χ0n) is 10.5. The van der Waals surface area contributed by atoms with Gasteiger partial charge in [-0.05, 0) is 27.2 Å². The lowest BCUT2D eigenvalue weighted by Crippen LogP contribution is -2.52. The van der Waals surface area contributed by atoms with E-state index in [2.05, 4.69) is 0 Å². The minimum atomic E-state index is -0.910. The van der Waals surface area contributed by atoms with Crippen LogP contribution in [0.5, 0.6) is 0 Å². The summed E-state index contributed by atoms with van der Waals surface area (Å²) in [6.07, 6.45) is 0.498. The van der Waals surface area contributed by atoms with Crippen LogP contribution in [0.25, 0.3) is 0 Å². The Morgan fingerprint density at radius 2 is 1.88 bits per heavy atom. The Hall–Kier alpha value is -1.10. The van der Waals surface area contributed by atoms with E-state index in [-0.39, 0.29) is 18.9 Å². The average Bonchev–Trinajstić information content (AvgIpc) is 2.13. The number of nitrogens with zero attached hydrogens (tertiary/aromatic N) is 1. The van der Waals surface area contributed by atoms with Crippen LogP contribution in [0.15, 0.2) is 0 Å². The van der Waals surface area contributed by atoms with Gasteiger partial charge in [-0.3, -0.25) is 9.59 Å². The molecule has 5 nitrogen and oxygen atoms in total. The van der Waals surface area contributed by atoms with Gasteiger partial charge in [0, 0.05) is 12.1 Å². The normalized spacial score (nSPS) is 13.3. The highest BCUT2D eigenvalue weighted by atomic mass is 16.4. The second-order valence-corrected chi connectivity index (χ2v) is 4.82. The van der Waals surface area contributed by atoms with E-state index in [1.807, 2.05) is 27.7 Å². The second kappa shape index (κ2) is 5.84. The number of hydrogen-bond acceptors (Lipinski definition) is 3. The average molecular weight is 230 g/mol. The number of amides is 1. The van der Waals surface area contributed by atoms with Gasteiger partial charge in [-0.25, -0.2) is 0 Å². The number of aliphatic carboxylic acids is 1. The molecule has 1 amide bonds. The van der Waals surface area contributed by atoms with Gasteiger partial charge in [0.2, 0.25) is 5.91 Å². The van der Waals surface area contributed by atoms with E-state index in [0.29, 0.717) is 6.42 Å². The Balaban J connectivity index is 4.68. The summed E-state index contributed by atoms with van der Waals surface area (Å²) in [6, 6.07) is -0.548. The summed E-state index contributed by atoms with van der Waals surface area (Å²) in [5.74, 6) is -1.09. The Labute approximate surface area is 96.6 Å². The smallest absolute Gasteiger partial charge is 0.305 e. The first kappa shape index (κ1) is 14.9. The second-order valence-electron chi connectivity index (χ2n) is 4.82. The molecule has 94 valence electrons. The molecule has 0 rings (SSSR count). The van der Waals surface area contributed by atoms with E-state index in [1.54, 1.807) is 0 Å². The first-order valence-corrected chi connectivity index (χ1v) is 5.49. The van der Waals surface area contributed by atoms with Crippen LogP contribution in [0.3, 0.4) is 0 Å². The standard InChI is InChI=1S/C11H22N2O3/c1-5-8(12)10(16)13(11(2,3)4)7-6-9(14)15/h8H,5-7,12H2,1-4H3,(H,14,15)/t8-/m0/s1. The van der Waals surface area contributed by atoms with Gasteiger partial charge in [-0.15, -0.1) is 0 Å². The molecule has 0 aliphatic carbocycles. The van der Waals surface area contributed by atoms with Crippen LogP contribution in [-0.4, -0.2) is 40.0 Å². The van der Waals surface area contributed by atoms with E-state index in [9.17, 15) is 9.59 Å². The van der Waals surface area contributed by atoms with Crippen molar-refractivity contribution in [3.05, 3.63) is 0 Å². The summed E-state index contributed by atoms with van der Waals surface area (Å²) in [4.78, 5) is 24.0. The SMILES string of the molecule is CC[C@H](N)C(=O)N(CCC(=O)O)C(C)(C)C. The van der Waals surface area contributed by atoms with E-state index in [0.717, 1.165) is 0 Å². The molecule has 16 heavy (non-hydrogen) atoms. The van der Waals surface area contributed by atoms with Crippen molar-refractivity contribution in [3.8, 4) is 0 Å². The molecule has 0 aliphatic rings. The molecule has 0 bridgehead atoms. The van der Waals surface area contributed by atoms with Gasteiger partial charge in [0.25, 0.3) is 0 Å². The maximum absolute atomic E-state index is 11.9. The molecular formula is C11H22N2O3. The highest BCUT2D eigenvalue weighted by Crippen LogP contribution is 2.15. The first-order valence-electron chi connectivity index (χ1n) is 5.49. The molecular weight excluding hydrogens is 208 g/mol. The summed E-state index contributed by atoms with van der Waals surface area (Å²) in [7, 11) is 0. The lowest BCUT2D eigenvalue weighted by atomic mass is 10.0. The third-order valence-corrected chi connectivity index (χ3v) is 2.38. The van der Waals surface area contributed by atoms with Crippen LogP contribution < -0.4 is 5.73 Å². The fraction of sp³-hybridized carbons (Fsp3) is 0.818. The maximum atomic E-state index is 11.9. The van der Waals surface area contributed by atoms with Crippen LogP contribution in [-0.2, 0) is 9.59 Å². The summed E-state index contributed by atoms with van der Waals surface area (Å²) >= 11 is 0. The molecule has 0 saturated heterocycles. The molecule has 1 atom stereocenters. The van der Waals surface area contributed by atoms with Crippen molar-refractivity contribution >= 4 is 11.9 Å². The molecule has 0 spiro atoms. The zero-order chi connectivity index (χ0) is 12.9. The Bertz CT molecular complexity index is 258. The van der Waals surface area contributed by atoms with Crippen LogP contribution in [0.1, 0.15) is 40.5 Å². The van der Waals surface area contributed by atoms with Gasteiger partial charge >= 0.3 is 5.97 Å². The van der Waals surface area contributed by atoms with Gasteiger partial charge in [-0.1, -0.05) is 6.92 Å². The number of carbonyl (C=O) groups excluding carboxylic acids is 1. The van der Waals surface area contributed by atoms with E-state index >= 15 is 0 Å². The van der Waals surface area contributed by atoms with Crippen molar-refractivity contribution < 1.29 is 14.7 Å². The topological polar surface area (TPSA) is 83.6 Å². The van der Waals surface area contributed by atoms with Crippen molar-refractivity contribution in [2.45, 2.75) is 52.1 Å². The van der Waals surface area contributed by atoms with Gasteiger partial charge in [-0.2, -0.15) is 0 Å². The molecule has 0 unspecified atom stereocenters. The third-order valence-electron chi connectivity index (χ3n) is 2.38. The van der Waals surface area contributed by atoms with Gasteiger partial charge in [0.05, 0.1) is 12.5 Å². The number of rotatable bonds is 5. The molecule has 0 aromatic heterocycles. The monoisotopic (exact) mass is 230 g/mol. The van der Waals surface area contributed by atoms with Crippen LogP contribution in [0.2, 0.25) is 0 Å². The van der Waals surface area contributed by atoms with E-state index < -0.39 is 17.6 Å². The molecule has 3 N–H and O–H groups in total. The predicted molar refractivity (Wildman–Crippen MR) is 62.0 cm³/mol. The molecule has 0 aromatic carbocycles. The highest BCUT2D eigenvalue weighted by Gasteiger charge is 2.29. The van der Waals surface area contributed by atoms with Crippen LogP contribution in [0, 0.1) is 0 Å². The lowest BCUT2D eigenvalue weighted by molar-refractivity contribution is -0.141. The Kier molecular flexibility index (Phi) is 5.44. The lowest BCUT2D eigenvalue weighted by Gasteiger charge is -2.37. The summed E-state index contributed by atoms with van der Waals surface area (Å²) in [5, 5.41) is 8.64. The van der Waals surface area contributed by atoms with Crippen molar-refractivity contribution in [1.82, 2.24) is 4.90 Å². The van der Waals surface area contributed by atoms with Gasteiger partial charge < -0.3 is 15.7 Å². The van der Waals surface area contributed by atoms with Crippen molar-refractivity contribution in [2.75, 3.05) is 6.54 Å². The molecule has 0 heterocycles. The van der Waals surface area contributed by atoms with Crippen molar-refractivity contribution in [3.63, 3.8) is 0 Å². The predicted octanol–water partition coefficient (Wildman–Crippen LogP) is 0.825. The fourth-order valence-corrected chi connectivity index (χ4v) is 1.36. The minimum Gasteiger partial charge on any atom is -0.481 e. The Morgan fingerprint density at radius 1 is 1.38 bits per heavy atom. The fourth-order valence-electron chi connectivity index (χ4n) is 1.36. The highest BCUT2D eigenvalue weighted by molar-refractivity contribution is 5.82. The molecule has 0 aliphatic heterocycles.